The molecule has 0 radical (unpaired) electrons. The molecule has 0 unspecified atom stereocenters. The maximum Gasteiger partial charge on any atom is 0.0477 e. The lowest BCUT2D eigenvalue weighted by molar-refractivity contribution is 0.226. The van der Waals surface area contributed by atoms with E-state index in [9.17, 15) is 0 Å². The summed E-state index contributed by atoms with van der Waals surface area (Å²) in [7, 11) is 0. The van der Waals surface area contributed by atoms with Crippen molar-refractivity contribution in [1.82, 2.24) is 5.32 Å². The van der Waals surface area contributed by atoms with Gasteiger partial charge in [-0.1, -0.05) is 30.3 Å². The Labute approximate surface area is 78.6 Å². The van der Waals surface area contributed by atoms with Gasteiger partial charge in [-0.3, -0.25) is 0 Å². The molecule has 1 aromatic rings. The minimum absolute atomic E-state index is 0.284. The largest absolute Gasteiger partial charge is 0.396 e. The predicted octanol–water partition coefficient (Wildman–Crippen LogP) is 0.982. The van der Waals surface area contributed by atoms with Crippen molar-refractivity contribution in [2.45, 2.75) is 5.92 Å². The Morgan fingerprint density at radius 1 is 1.23 bits per heavy atom. The van der Waals surface area contributed by atoms with Crippen LogP contribution in [0.3, 0.4) is 0 Å². The van der Waals surface area contributed by atoms with Crippen LogP contribution in [-0.2, 0) is 0 Å². The smallest absolute Gasteiger partial charge is 0.0477 e. The summed E-state index contributed by atoms with van der Waals surface area (Å²) in [6, 6.07) is 10.4. The zero-order valence-corrected chi connectivity index (χ0v) is 7.61. The number of hydrogen-bond donors (Lipinski definition) is 2. The lowest BCUT2D eigenvalue weighted by Gasteiger charge is -2.15. The molecule has 2 rings (SSSR count). The normalized spacial score (nSPS) is 27.8. The summed E-state index contributed by atoms with van der Waals surface area (Å²) in [6.07, 6.45) is 0. The summed E-state index contributed by atoms with van der Waals surface area (Å²) in [4.78, 5) is 0. The zero-order valence-electron chi connectivity index (χ0n) is 7.61. The summed E-state index contributed by atoms with van der Waals surface area (Å²) in [5.74, 6) is 0.883. The van der Waals surface area contributed by atoms with Crippen molar-refractivity contribution in [3.8, 4) is 0 Å². The minimum Gasteiger partial charge on any atom is -0.396 e. The van der Waals surface area contributed by atoms with Gasteiger partial charge in [-0.25, -0.2) is 0 Å². The van der Waals surface area contributed by atoms with E-state index in [1.807, 2.05) is 6.07 Å². The highest BCUT2D eigenvalue weighted by molar-refractivity contribution is 5.22. The molecule has 0 saturated carbocycles. The maximum absolute atomic E-state index is 9.16. The molecule has 2 heteroatoms. The molecule has 0 bridgehead atoms. The first-order chi connectivity index (χ1) is 6.42. The predicted molar refractivity (Wildman–Crippen MR) is 52.6 cm³/mol. The fraction of sp³-hybridized carbons (Fsp3) is 0.455. The molecule has 2 nitrogen and oxygen atoms in total. The Morgan fingerprint density at radius 3 is 2.69 bits per heavy atom. The topological polar surface area (TPSA) is 32.3 Å². The van der Waals surface area contributed by atoms with Gasteiger partial charge < -0.3 is 10.4 Å². The van der Waals surface area contributed by atoms with E-state index in [-0.39, 0.29) is 6.61 Å². The summed E-state index contributed by atoms with van der Waals surface area (Å²) >= 11 is 0. The van der Waals surface area contributed by atoms with E-state index < -0.39 is 0 Å². The van der Waals surface area contributed by atoms with Gasteiger partial charge in [0.15, 0.2) is 0 Å². The van der Waals surface area contributed by atoms with E-state index in [2.05, 4.69) is 29.6 Å². The average Bonchev–Trinajstić information content (AvgIpc) is 2.67. The standard InChI is InChI=1S/C11H15NO/c13-8-10-6-12-7-11(10)9-4-2-1-3-5-9/h1-5,10-13H,6-8H2/t10-,11-/m0/s1. The highest BCUT2D eigenvalue weighted by Crippen LogP contribution is 2.27. The van der Waals surface area contributed by atoms with E-state index in [0.29, 0.717) is 11.8 Å². The quantitative estimate of drug-likeness (QED) is 0.706. The van der Waals surface area contributed by atoms with Gasteiger partial charge in [0.05, 0.1) is 0 Å². The first kappa shape index (κ1) is 8.73. The van der Waals surface area contributed by atoms with Crippen LogP contribution in [0.5, 0.6) is 0 Å². The Hall–Kier alpha value is -0.860. The van der Waals surface area contributed by atoms with Crippen LogP contribution in [0, 0.1) is 5.92 Å². The molecule has 70 valence electrons. The molecule has 1 aromatic carbocycles. The molecule has 1 heterocycles. The van der Waals surface area contributed by atoms with Crippen LogP contribution in [0.2, 0.25) is 0 Å². The highest BCUT2D eigenvalue weighted by atomic mass is 16.3. The third-order valence-corrected chi connectivity index (χ3v) is 2.80. The average molecular weight is 177 g/mol. The molecule has 2 atom stereocenters. The van der Waals surface area contributed by atoms with Crippen molar-refractivity contribution in [2.75, 3.05) is 19.7 Å². The van der Waals surface area contributed by atoms with Gasteiger partial charge >= 0.3 is 0 Å². The third kappa shape index (κ3) is 1.74. The van der Waals surface area contributed by atoms with E-state index >= 15 is 0 Å². The van der Waals surface area contributed by atoms with Gasteiger partial charge in [-0.15, -0.1) is 0 Å². The number of aliphatic hydroxyl groups is 1. The molecule has 0 aliphatic carbocycles. The Kier molecular flexibility index (Phi) is 2.62. The molecule has 0 amide bonds. The Morgan fingerprint density at radius 2 is 2.00 bits per heavy atom. The van der Waals surface area contributed by atoms with Gasteiger partial charge in [0, 0.05) is 31.5 Å². The Balaban J connectivity index is 2.16. The SMILES string of the molecule is OC[C@@H]1CNC[C@H]1c1ccccc1. The van der Waals surface area contributed by atoms with Crippen molar-refractivity contribution in [3.63, 3.8) is 0 Å². The lowest BCUT2D eigenvalue weighted by Crippen LogP contribution is -2.14. The molecule has 13 heavy (non-hydrogen) atoms. The van der Waals surface area contributed by atoms with Gasteiger partial charge in [0.1, 0.15) is 0 Å². The molecule has 0 aromatic heterocycles. The summed E-state index contributed by atoms with van der Waals surface area (Å²) < 4.78 is 0. The number of hydrogen-bond acceptors (Lipinski definition) is 2. The van der Waals surface area contributed by atoms with E-state index in [1.54, 1.807) is 0 Å². The monoisotopic (exact) mass is 177 g/mol. The minimum atomic E-state index is 0.284. The van der Waals surface area contributed by atoms with Gasteiger partial charge in [-0.2, -0.15) is 0 Å². The fourth-order valence-corrected chi connectivity index (χ4v) is 2.02. The second kappa shape index (κ2) is 3.90. The van der Waals surface area contributed by atoms with Gasteiger partial charge in [0.2, 0.25) is 0 Å². The first-order valence-corrected chi connectivity index (χ1v) is 4.78. The second-order valence-corrected chi connectivity index (χ2v) is 3.62. The maximum atomic E-state index is 9.16. The lowest BCUT2D eigenvalue weighted by atomic mass is 9.90. The summed E-state index contributed by atoms with van der Waals surface area (Å²) in [5.41, 5.74) is 1.34. The van der Waals surface area contributed by atoms with Crippen molar-refractivity contribution >= 4 is 0 Å². The van der Waals surface area contributed by atoms with Crippen molar-refractivity contribution in [1.29, 1.82) is 0 Å². The van der Waals surface area contributed by atoms with Crippen LogP contribution in [-0.4, -0.2) is 24.8 Å². The molecule has 1 aliphatic heterocycles. The van der Waals surface area contributed by atoms with Crippen LogP contribution in [0.1, 0.15) is 11.5 Å². The molecular formula is C11H15NO. The van der Waals surface area contributed by atoms with E-state index in [1.165, 1.54) is 5.56 Å². The Bertz CT molecular complexity index is 260. The molecular weight excluding hydrogens is 162 g/mol. The van der Waals surface area contributed by atoms with Gasteiger partial charge in [0.25, 0.3) is 0 Å². The molecule has 1 aliphatic rings. The zero-order chi connectivity index (χ0) is 9.10. The summed E-state index contributed by atoms with van der Waals surface area (Å²) in [5, 5.41) is 12.5. The van der Waals surface area contributed by atoms with Crippen molar-refractivity contribution in [3.05, 3.63) is 35.9 Å². The van der Waals surface area contributed by atoms with E-state index in [4.69, 9.17) is 5.11 Å². The van der Waals surface area contributed by atoms with Crippen molar-refractivity contribution in [2.24, 2.45) is 5.92 Å². The van der Waals surface area contributed by atoms with Crippen molar-refractivity contribution < 1.29 is 5.11 Å². The molecule has 1 saturated heterocycles. The highest BCUT2D eigenvalue weighted by Gasteiger charge is 2.27. The van der Waals surface area contributed by atoms with Crippen LogP contribution in [0.25, 0.3) is 0 Å². The molecule has 0 spiro atoms. The van der Waals surface area contributed by atoms with Crippen LogP contribution in [0.4, 0.5) is 0 Å². The van der Waals surface area contributed by atoms with Crippen LogP contribution < -0.4 is 5.32 Å². The van der Waals surface area contributed by atoms with Gasteiger partial charge in [-0.05, 0) is 5.56 Å². The number of rotatable bonds is 2. The number of nitrogens with one attached hydrogen (secondary N) is 1. The third-order valence-electron chi connectivity index (χ3n) is 2.80. The molecule has 2 N–H and O–H groups in total. The second-order valence-electron chi connectivity index (χ2n) is 3.62. The summed E-state index contributed by atoms with van der Waals surface area (Å²) in [6.45, 7) is 2.22. The van der Waals surface area contributed by atoms with Crippen LogP contribution >= 0.6 is 0 Å². The number of benzene rings is 1. The fourth-order valence-electron chi connectivity index (χ4n) is 2.02. The first-order valence-electron chi connectivity index (χ1n) is 4.78. The number of aliphatic hydroxyl groups excluding tert-OH is 1. The molecule has 1 fully saturated rings. The van der Waals surface area contributed by atoms with E-state index in [0.717, 1.165) is 13.1 Å². The van der Waals surface area contributed by atoms with Crippen LogP contribution in [0.15, 0.2) is 30.3 Å².